The lowest BCUT2D eigenvalue weighted by Crippen LogP contribution is -2.03. The number of Topliss-reactive ketones (excluding diaryl/α,β-unsaturated/α-hetero) is 1. The maximum absolute atomic E-state index is 10.5. The van der Waals surface area contributed by atoms with Gasteiger partial charge in [0.15, 0.2) is 0 Å². The van der Waals surface area contributed by atoms with Crippen LogP contribution in [0.15, 0.2) is 0 Å². The van der Waals surface area contributed by atoms with Gasteiger partial charge in [-0.25, -0.2) is 0 Å². The molecule has 0 N–H and O–H groups in total. The standard InChI is InChI=1S/C9H20.C8H18.C6H12O.C2H6/c1-4-7-8-9(5-2)6-3;1-4-6-8(3)7-5-2;1-4-6(7)5(2)3;1-2/h9H,4-8H2,1-3H3;8H,4-7H2,1-3H3;5H,4H2,1-3H3;1-2H3. The number of unbranched alkanes of at least 4 members (excludes halogenated alkanes) is 1. The van der Waals surface area contributed by atoms with Crippen LogP contribution >= 0.6 is 0 Å². The van der Waals surface area contributed by atoms with Crippen LogP contribution in [-0.2, 0) is 4.79 Å². The summed E-state index contributed by atoms with van der Waals surface area (Å²) < 4.78 is 0. The molecule has 0 rings (SSSR count). The Morgan fingerprint density at radius 1 is 0.692 bits per heavy atom. The number of rotatable bonds is 11. The van der Waals surface area contributed by atoms with E-state index in [0.717, 1.165) is 11.8 Å². The summed E-state index contributed by atoms with van der Waals surface area (Å²) >= 11 is 0. The van der Waals surface area contributed by atoms with E-state index in [0.29, 0.717) is 12.2 Å². The molecule has 0 aromatic rings. The summed E-state index contributed by atoms with van der Waals surface area (Å²) in [5, 5.41) is 0. The number of carbonyl (C=O) groups excluding carboxylic acids is 1. The molecule has 0 spiro atoms. The molecule has 0 saturated carbocycles. The Kier molecular flexibility index (Phi) is 37.7. The maximum atomic E-state index is 10.5. The quantitative estimate of drug-likeness (QED) is 0.353. The molecule has 1 nitrogen and oxygen atoms in total. The summed E-state index contributed by atoms with van der Waals surface area (Å²) in [5.74, 6) is 2.54. The van der Waals surface area contributed by atoms with Crippen LogP contribution in [0, 0.1) is 17.8 Å². The molecule has 0 bridgehead atoms. The van der Waals surface area contributed by atoms with E-state index in [4.69, 9.17) is 0 Å². The second kappa shape index (κ2) is 29.4. The third-order valence-corrected chi connectivity index (χ3v) is 4.68. The lowest BCUT2D eigenvalue weighted by molar-refractivity contribution is -0.121. The lowest BCUT2D eigenvalue weighted by Gasteiger charge is -2.09. The molecule has 0 atom stereocenters. The number of carbonyl (C=O) groups is 1. The van der Waals surface area contributed by atoms with Crippen molar-refractivity contribution in [3.63, 3.8) is 0 Å². The first-order valence-corrected chi connectivity index (χ1v) is 11.9. The van der Waals surface area contributed by atoms with E-state index in [-0.39, 0.29) is 5.92 Å². The van der Waals surface area contributed by atoms with Gasteiger partial charge in [0.2, 0.25) is 0 Å². The Morgan fingerprint density at radius 3 is 1.31 bits per heavy atom. The normalized spacial score (nSPS) is 9.77. The Labute approximate surface area is 169 Å². The van der Waals surface area contributed by atoms with E-state index in [1.165, 1.54) is 57.8 Å². The molecule has 0 radical (unpaired) electrons. The molecule has 0 unspecified atom stereocenters. The summed E-state index contributed by atoms with van der Waals surface area (Å²) in [4.78, 5) is 10.5. The van der Waals surface area contributed by atoms with Crippen molar-refractivity contribution >= 4 is 5.78 Å². The Balaban J connectivity index is -0.000000134. The fraction of sp³-hybridized carbons (Fsp3) is 0.960. The van der Waals surface area contributed by atoms with Gasteiger partial charge < -0.3 is 0 Å². The van der Waals surface area contributed by atoms with Crippen molar-refractivity contribution in [2.24, 2.45) is 17.8 Å². The number of ketones is 1. The van der Waals surface area contributed by atoms with E-state index < -0.39 is 0 Å². The predicted molar refractivity (Wildman–Crippen MR) is 124 cm³/mol. The van der Waals surface area contributed by atoms with Crippen molar-refractivity contribution in [1.82, 2.24) is 0 Å². The first kappa shape index (κ1) is 33.3. The highest BCUT2D eigenvalue weighted by Crippen LogP contribution is 2.15. The Morgan fingerprint density at radius 2 is 1.12 bits per heavy atom. The second-order valence-corrected chi connectivity index (χ2v) is 7.48. The third-order valence-electron chi connectivity index (χ3n) is 4.68. The van der Waals surface area contributed by atoms with Gasteiger partial charge in [0, 0.05) is 12.3 Å². The molecule has 0 amide bonds. The van der Waals surface area contributed by atoms with Gasteiger partial charge in [0.05, 0.1) is 0 Å². The van der Waals surface area contributed by atoms with Crippen LogP contribution in [0.5, 0.6) is 0 Å². The smallest absolute Gasteiger partial charge is 0.135 e. The van der Waals surface area contributed by atoms with Gasteiger partial charge >= 0.3 is 0 Å². The van der Waals surface area contributed by atoms with Gasteiger partial charge in [-0.2, -0.15) is 0 Å². The predicted octanol–water partition coefficient (Wildman–Crippen LogP) is 9.48. The van der Waals surface area contributed by atoms with Crippen molar-refractivity contribution in [3.05, 3.63) is 0 Å². The SMILES string of the molecule is CC.CCC(=O)C(C)C.CCCC(C)CCC.CCCCC(CC)CC. The highest BCUT2D eigenvalue weighted by Gasteiger charge is 2.01. The van der Waals surface area contributed by atoms with Crippen molar-refractivity contribution in [1.29, 1.82) is 0 Å². The van der Waals surface area contributed by atoms with Crippen LogP contribution in [0.1, 0.15) is 140 Å². The van der Waals surface area contributed by atoms with Gasteiger partial charge in [-0.3, -0.25) is 4.79 Å². The minimum Gasteiger partial charge on any atom is -0.299 e. The van der Waals surface area contributed by atoms with Gasteiger partial charge in [0.25, 0.3) is 0 Å². The van der Waals surface area contributed by atoms with Crippen molar-refractivity contribution in [3.8, 4) is 0 Å². The van der Waals surface area contributed by atoms with E-state index in [1.54, 1.807) is 0 Å². The first-order chi connectivity index (χ1) is 12.3. The summed E-state index contributed by atoms with van der Waals surface area (Å²) in [6, 6.07) is 0. The average Bonchev–Trinajstić information content (AvgIpc) is 2.65. The number of hydrogen-bond donors (Lipinski definition) is 0. The van der Waals surface area contributed by atoms with Crippen LogP contribution in [0.3, 0.4) is 0 Å². The molecule has 162 valence electrons. The molecule has 0 heterocycles. The molecular formula is C25H56O. The van der Waals surface area contributed by atoms with E-state index in [2.05, 4.69) is 41.5 Å². The van der Waals surface area contributed by atoms with E-state index >= 15 is 0 Å². The molecule has 0 saturated heterocycles. The molecule has 26 heavy (non-hydrogen) atoms. The number of hydrogen-bond acceptors (Lipinski definition) is 1. The fourth-order valence-corrected chi connectivity index (χ4v) is 2.73. The minimum atomic E-state index is 0.227. The van der Waals surface area contributed by atoms with Crippen molar-refractivity contribution < 1.29 is 4.79 Å². The average molecular weight is 373 g/mol. The Bertz CT molecular complexity index is 222. The molecule has 1 heteroatoms. The minimum absolute atomic E-state index is 0.227. The summed E-state index contributed by atoms with van der Waals surface area (Å²) in [7, 11) is 0. The molecule has 0 aromatic carbocycles. The summed E-state index contributed by atoms with van der Waals surface area (Å²) in [5.41, 5.74) is 0. The topological polar surface area (TPSA) is 17.1 Å². The van der Waals surface area contributed by atoms with E-state index in [9.17, 15) is 4.79 Å². The van der Waals surface area contributed by atoms with Gasteiger partial charge in [-0.1, -0.05) is 134 Å². The van der Waals surface area contributed by atoms with Gasteiger partial charge in [-0.15, -0.1) is 0 Å². The van der Waals surface area contributed by atoms with Gasteiger partial charge in [-0.05, 0) is 11.8 Å². The molecule has 0 fully saturated rings. The monoisotopic (exact) mass is 372 g/mol. The zero-order valence-corrected chi connectivity index (χ0v) is 20.7. The molecule has 0 aliphatic carbocycles. The zero-order chi connectivity index (χ0) is 21.4. The molecule has 0 aliphatic heterocycles. The molecule has 0 aliphatic rings. The van der Waals surface area contributed by atoms with Crippen molar-refractivity contribution in [2.75, 3.05) is 0 Å². The summed E-state index contributed by atoms with van der Waals surface area (Å²) in [6.45, 7) is 23.4. The second-order valence-electron chi connectivity index (χ2n) is 7.48. The third kappa shape index (κ3) is 31.4. The molecule has 0 aromatic heterocycles. The zero-order valence-electron chi connectivity index (χ0n) is 20.7. The van der Waals surface area contributed by atoms with Crippen LogP contribution in [-0.4, -0.2) is 5.78 Å². The van der Waals surface area contributed by atoms with Crippen LogP contribution in [0.25, 0.3) is 0 Å². The van der Waals surface area contributed by atoms with Crippen LogP contribution in [0.2, 0.25) is 0 Å². The van der Waals surface area contributed by atoms with Crippen LogP contribution in [0.4, 0.5) is 0 Å². The first-order valence-electron chi connectivity index (χ1n) is 11.9. The van der Waals surface area contributed by atoms with Crippen molar-refractivity contribution in [2.45, 2.75) is 140 Å². The Hall–Kier alpha value is -0.330. The van der Waals surface area contributed by atoms with Gasteiger partial charge in [0.1, 0.15) is 5.78 Å². The highest BCUT2D eigenvalue weighted by atomic mass is 16.1. The highest BCUT2D eigenvalue weighted by molar-refractivity contribution is 5.79. The molecular weight excluding hydrogens is 316 g/mol. The lowest BCUT2D eigenvalue weighted by atomic mass is 9.97. The summed E-state index contributed by atoms with van der Waals surface area (Å²) in [6.07, 6.45) is 13.2. The maximum Gasteiger partial charge on any atom is 0.135 e. The largest absolute Gasteiger partial charge is 0.299 e. The van der Waals surface area contributed by atoms with E-state index in [1.807, 2.05) is 34.6 Å². The van der Waals surface area contributed by atoms with Crippen LogP contribution < -0.4 is 0 Å². The fourth-order valence-electron chi connectivity index (χ4n) is 2.73.